The summed E-state index contributed by atoms with van der Waals surface area (Å²) in [4.78, 5) is 0. The second-order valence-corrected chi connectivity index (χ2v) is 2.41. The van der Waals surface area contributed by atoms with Gasteiger partial charge < -0.3 is 16.2 Å². The SMILES string of the molecule is NC(N)=NN=CC1CCOC1. The van der Waals surface area contributed by atoms with Crippen LogP contribution in [-0.2, 0) is 4.74 Å². The first-order valence-corrected chi connectivity index (χ1v) is 3.49. The van der Waals surface area contributed by atoms with E-state index in [1.165, 1.54) is 0 Å². The molecule has 5 heteroatoms. The fourth-order valence-corrected chi connectivity index (χ4v) is 0.865. The van der Waals surface area contributed by atoms with E-state index in [-0.39, 0.29) is 5.96 Å². The summed E-state index contributed by atoms with van der Waals surface area (Å²) in [5.74, 6) is 0.360. The second-order valence-electron chi connectivity index (χ2n) is 2.41. The van der Waals surface area contributed by atoms with Gasteiger partial charge in [0.2, 0.25) is 5.96 Å². The minimum absolute atomic E-state index is 0.0137. The lowest BCUT2D eigenvalue weighted by Crippen LogP contribution is -2.21. The van der Waals surface area contributed by atoms with Crippen LogP contribution in [0.25, 0.3) is 0 Å². The molecule has 1 atom stereocenters. The highest BCUT2D eigenvalue weighted by molar-refractivity contribution is 5.76. The molecular formula is C6H12N4O. The van der Waals surface area contributed by atoms with Crippen LogP contribution in [0.2, 0.25) is 0 Å². The van der Waals surface area contributed by atoms with Crippen molar-refractivity contribution in [2.75, 3.05) is 13.2 Å². The molecule has 0 spiro atoms. The van der Waals surface area contributed by atoms with Gasteiger partial charge in [-0.1, -0.05) is 0 Å². The summed E-state index contributed by atoms with van der Waals surface area (Å²) in [6.45, 7) is 1.53. The maximum atomic E-state index is 5.11. The molecule has 1 rings (SSSR count). The quantitative estimate of drug-likeness (QED) is 0.314. The molecule has 62 valence electrons. The predicted octanol–water partition coefficient (Wildman–Crippen LogP) is -0.718. The van der Waals surface area contributed by atoms with Crippen LogP contribution in [0.15, 0.2) is 10.2 Å². The van der Waals surface area contributed by atoms with Crippen molar-refractivity contribution in [3.63, 3.8) is 0 Å². The van der Waals surface area contributed by atoms with Crippen molar-refractivity contribution in [2.24, 2.45) is 27.6 Å². The third kappa shape index (κ3) is 2.99. The molecule has 11 heavy (non-hydrogen) atoms. The van der Waals surface area contributed by atoms with Crippen molar-refractivity contribution >= 4 is 12.2 Å². The molecule has 0 aromatic heterocycles. The highest BCUT2D eigenvalue weighted by atomic mass is 16.5. The summed E-state index contributed by atoms with van der Waals surface area (Å²) in [6.07, 6.45) is 2.72. The molecule has 1 unspecified atom stereocenters. The highest BCUT2D eigenvalue weighted by Gasteiger charge is 2.12. The van der Waals surface area contributed by atoms with Crippen LogP contribution in [0.4, 0.5) is 0 Å². The van der Waals surface area contributed by atoms with Crippen LogP contribution >= 0.6 is 0 Å². The van der Waals surface area contributed by atoms with E-state index in [2.05, 4.69) is 10.2 Å². The van der Waals surface area contributed by atoms with Crippen LogP contribution in [0.3, 0.4) is 0 Å². The standard InChI is InChI=1S/C6H12N4O/c7-6(8)10-9-3-5-1-2-11-4-5/h3,5H,1-2,4H2,(H4,7,8,10). The van der Waals surface area contributed by atoms with Crippen molar-refractivity contribution in [3.8, 4) is 0 Å². The Morgan fingerprint density at radius 2 is 2.36 bits per heavy atom. The Bertz CT molecular complexity index is 167. The van der Waals surface area contributed by atoms with Gasteiger partial charge in [0.15, 0.2) is 0 Å². The molecule has 0 bridgehead atoms. The molecule has 1 aliphatic rings. The van der Waals surface area contributed by atoms with Gasteiger partial charge in [-0.25, -0.2) is 0 Å². The number of ether oxygens (including phenoxy) is 1. The molecule has 0 radical (unpaired) electrons. The third-order valence-electron chi connectivity index (χ3n) is 1.42. The van der Waals surface area contributed by atoms with Crippen molar-refractivity contribution in [1.29, 1.82) is 0 Å². The van der Waals surface area contributed by atoms with Gasteiger partial charge in [0.25, 0.3) is 0 Å². The number of nitrogens with two attached hydrogens (primary N) is 2. The summed E-state index contributed by atoms with van der Waals surface area (Å²) >= 11 is 0. The molecule has 1 saturated heterocycles. The van der Waals surface area contributed by atoms with E-state index in [1.807, 2.05) is 0 Å². The summed E-state index contributed by atoms with van der Waals surface area (Å²) in [5.41, 5.74) is 10.1. The molecule has 1 fully saturated rings. The van der Waals surface area contributed by atoms with Crippen molar-refractivity contribution in [2.45, 2.75) is 6.42 Å². The minimum Gasteiger partial charge on any atom is -0.381 e. The second kappa shape index (κ2) is 3.92. The lowest BCUT2D eigenvalue weighted by Gasteiger charge is -1.93. The Balaban J connectivity index is 2.28. The lowest BCUT2D eigenvalue weighted by atomic mass is 10.1. The molecule has 0 aliphatic carbocycles. The van der Waals surface area contributed by atoms with Crippen LogP contribution in [0, 0.1) is 5.92 Å². The van der Waals surface area contributed by atoms with Crippen molar-refractivity contribution in [3.05, 3.63) is 0 Å². The molecule has 1 aliphatic heterocycles. The Morgan fingerprint density at radius 3 is 2.91 bits per heavy atom. The van der Waals surface area contributed by atoms with E-state index < -0.39 is 0 Å². The molecular weight excluding hydrogens is 144 g/mol. The fourth-order valence-electron chi connectivity index (χ4n) is 0.865. The van der Waals surface area contributed by atoms with E-state index in [1.54, 1.807) is 6.21 Å². The van der Waals surface area contributed by atoms with Crippen LogP contribution < -0.4 is 11.5 Å². The zero-order valence-electron chi connectivity index (χ0n) is 6.23. The van der Waals surface area contributed by atoms with Gasteiger partial charge in [-0.3, -0.25) is 0 Å². The zero-order chi connectivity index (χ0) is 8.10. The molecule has 0 amide bonds. The fraction of sp³-hybridized carbons (Fsp3) is 0.667. The van der Waals surface area contributed by atoms with E-state index in [4.69, 9.17) is 16.2 Å². The average Bonchev–Trinajstić information content (AvgIpc) is 2.39. The number of rotatable bonds is 2. The highest BCUT2D eigenvalue weighted by Crippen LogP contribution is 2.08. The summed E-state index contributed by atoms with van der Waals surface area (Å²) in [7, 11) is 0. The predicted molar refractivity (Wildman–Crippen MR) is 43.2 cm³/mol. The maximum absolute atomic E-state index is 5.11. The monoisotopic (exact) mass is 156 g/mol. The molecule has 0 saturated carbocycles. The van der Waals surface area contributed by atoms with Crippen LogP contribution in [0.1, 0.15) is 6.42 Å². The van der Waals surface area contributed by atoms with E-state index >= 15 is 0 Å². The largest absolute Gasteiger partial charge is 0.381 e. The number of hydrogen-bond donors (Lipinski definition) is 2. The maximum Gasteiger partial charge on any atom is 0.211 e. The van der Waals surface area contributed by atoms with Gasteiger partial charge in [-0.05, 0) is 6.42 Å². The molecule has 4 N–H and O–H groups in total. The summed E-state index contributed by atoms with van der Waals surface area (Å²) in [6, 6.07) is 0. The Morgan fingerprint density at radius 1 is 1.55 bits per heavy atom. The minimum atomic E-state index is -0.0137. The van der Waals surface area contributed by atoms with E-state index in [0.29, 0.717) is 5.92 Å². The topological polar surface area (TPSA) is 86.0 Å². The number of nitrogens with zero attached hydrogens (tertiary/aromatic N) is 2. The van der Waals surface area contributed by atoms with Crippen molar-refractivity contribution < 1.29 is 4.74 Å². The van der Waals surface area contributed by atoms with Gasteiger partial charge in [0.1, 0.15) is 0 Å². The summed E-state index contributed by atoms with van der Waals surface area (Å²) < 4.78 is 5.11. The molecule has 5 nitrogen and oxygen atoms in total. The number of guanidine groups is 1. The Labute approximate surface area is 65.1 Å². The normalized spacial score (nSPS) is 24.2. The molecule has 0 aromatic rings. The summed E-state index contributed by atoms with van der Waals surface area (Å²) in [5, 5.41) is 7.16. The number of hydrogen-bond acceptors (Lipinski definition) is 3. The van der Waals surface area contributed by atoms with Crippen LogP contribution in [0.5, 0.6) is 0 Å². The Hall–Kier alpha value is -1.10. The molecule has 0 aromatic carbocycles. The van der Waals surface area contributed by atoms with Crippen molar-refractivity contribution in [1.82, 2.24) is 0 Å². The van der Waals surface area contributed by atoms with Gasteiger partial charge >= 0.3 is 0 Å². The van der Waals surface area contributed by atoms with E-state index in [9.17, 15) is 0 Å². The first-order chi connectivity index (χ1) is 5.29. The first kappa shape index (κ1) is 8.00. The zero-order valence-corrected chi connectivity index (χ0v) is 6.23. The third-order valence-corrected chi connectivity index (χ3v) is 1.42. The van der Waals surface area contributed by atoms with Gasteiger partial charge in [0.05, 0.1) is 6.61 Å². The van der Waals surface area contributed by atoms with Gasteiger partial charge in [0, 0.05) is 18.7 Å². The van der Waals surface area contributed by atoms with E-state index in [0.717, 1.165) is 19.6 Å². The molecule has 1 heterocycles. The smallest absolute Gasteiger partial charge is 0.211 e. The van der Waals surface area contributed by atoms with Crippen LogP contribution in [-0.4, -0.2) is 25.4 Å². The van der Waals surface area contributed by atoms with Gasteiger partial charge in [-0.2, -0.15) is 5.10 Å². The average molecular weight is 156 g/mol. The Kier molecular flexibility index (Phi) is 2.85. The van der Waals surface area contributed by atoms with Gasteiger partial charge in [-0.15, -0.1) is 5.10 Å². The lowest BCUT2D eigenvalue weighted by molar-refractivity contribution is 0.193. The first-order valence-electron chi connectivity index (χ1n) is 3.49.